The third kappa shape index (κ3) is 7.94. The summed E-state index contributed by atoms with van der Waals surface area (Å²) in [6, 6.07) is 94.4. The smallest absolute Gasteiger partial charge is 0.118 e. The Hall–Kier alpha value is -9.18. The Balaban J connectivity index is 1.14. The summed E-state index contributed by atoms with van der Waals surface area (Å²) in [5, 5.41) is 2.36. The molecule has 0 fully saturated rings. The highest BCUT2D eigenvalue weighted by Crippen LogP contribution is 2.56. The van der Waals surface area contributed by atoms with Crippen LogP contribution in [0.2, 0.25) is 0 Å². The topological polar surface area (TPSA) is 23.4 Å². The van der Waals surface area contributed by atoms with Crippen LogP contribution in [0.3, 0.4) is 0 Å². The molecule has 3 nitrogen and oxygen atoms in total. The molecule has 3 heteroatoms. The van der Waals surface area contributed by atoms with Crippen LogP contribution in [-0.2, 0) is 0 Å². The lowest BCUT2D eigenvalue weighted by atomic mass is 9.74. The molecule has 0 N–H and O–H groups in total. The van der Waals surface area contributed by atoms with E-state index < -0.39 is 0 Å². The number of aromatic nitrogens is 1. The number of benzene rings is 11. The second-order valence-electron chi connectivity index (χ2n) is 17.9. The van der Waals surface area contributed by atoms with Crippen molar-refractivity contribution in [3.8, 4) is 106 Å². The van der Waals surface area contributed by atoms with E-state index >= 15 is 0 Å². The van der Waals surface area contributed by atoms with Gasteiger partial charge in [-0.05, 0) is 150 Å². The van der Waals surface area contributed by atoms with Gasteiger partial charge in [-0.25, -0.2) is 0 Å². The van der Waals surface area contributed by atoms with Gasteiger partial charge in [0.05, 0.1) is 25.3 Å². The Morgan fingerprint density at radius 2 is 0.493 bits per heavy atom. The predicted molar refractivity (Wildman–Crippen MR) is 297 cm³/mol. The zero-order valence-corrected chi connectivity index (χ0v) is 39.6. The maximum absolute atomic E-state index is 5.51. The number of rotatable bonds is 11. The van der Waals surface area contributed by atoms with Gasteiger partial charge in [0.2, 0.25) is 0 Å². The van der Waals surface area contributed by atoms with Crippen LogP contribution in [-0.4, -0.2) is 18.8 Å². The van der Waals surface area contributed by atoms with E-state index in [-0.39, 0.29) is 0 Å². The first-order chi connectivity index (χ1) is 35.1. The molecule has 0 saturated heterocycles. The molecule has 0 atom stereocenters. The molecule has 0 unspecified atom stereocenters. The maximum atomic E-state index is 5.51. The Labute approximate surface area is 415 Å². The van der Waals surface area contributed by atoms with Gasteiger partial charge in [-0.15, -0.1) is 0 Å². The van der Waals surface area contributed by atoms with Crippen molar-refractivity contribution in [2.24, 2.45) is 0 Å². The third-order valence-corrected chi connectivity index (χ3v) is 13.8. The van der Waals surface area contributed by atoms with Crippen molar-refractivity contribution in [2.75, 3.05) is 14.2 Å². The van der Waals surface area contributed by atoms with Crippen molar-refractivity contribution >= 4 is 21.8 Å². The fourth-order valence-electron chi connectivity index (χ4n) is 10.5. The molecule has 1 heterocycles. The molecule has 0 aliphatic carbocycles. The highest BCUT2D eigenvalue weighted by atomic mass is 16.5. The van der Waals surface area contributed by atoms with Gasteiger partial charge in [-0.1, -0.05) is 200 Å². The highest BCUT2D eigenvalue weighted by Gasteiger charge is 2.29. The first kappa shape index (κ1) is 43.1. The summed E-state index contributed by atoms with van der Waals surface area (Å²) < 4.78 is 13.4. The highest BCUT2D eigenvalue weighted by molar-refractivity contribution is 6.15. The van der Waals surface area contributed by atoms with Crippen LogP contribution in [0.25, 0.3) is 117 Å². The van der Waals surface area contributed by atoms with E-state index in [0.717, 1.165) is 83.9 Å². The van der Waals surface area contributed by atoms with Gasteiger partial charge in [0, 0.05) is 16.5 Å². The molecule has 0 aliphatic heterocycles. The molecule has 1 aromatic heterocycles. The Morgan fingerprint density at radius 1 is 0.239 bits per heavy atom. The van der Waals surface area contributed by atoms with Crippen molar-refractivity contribution in [1.29, 1.82) is 0 Å². The summed E-state index contributed by atoms with van der Waals surface area (Å²) in [6.45, 7) is 0. The Bertz CT molecular complexity index is 3600. The van der Waals surface area contributed by atoms with E-state index in [0.29, 0.717) is 0 Å². The summed E-state index contributed by atoms with van der Waals surface area (Å²) in [4.78, 5) is 0. The summed E-state index contributed by atoms with van der Waals surface area (Å²) in [5.41, 5.74) is 22.0. The van der Waals surface area contributed by atoms with Crippen LogP contribution in [0.5, 0.6) is 11.5 Å². The molecule has 0 bridgehead atoms. The number of nitrogens with zero attached hydrogens (tertiary/aromatic N) is 1. The Morgan fingerprint density at radius 3 is 0.775 bits per heavy atom. The number of methoxy groups -OCH3 is 2. The zero-order valence-electron chi connectivity index (χ0n) is 39.6. The molecular formula is C68H49NO2. The molecule has 12 aromatic rings. The SMILES string of the molecule is COc1ccc(-c2ccc3c(c2)c2cc(-c4ccc(OC)cc4)ccc2n3-c2ccc(-c3c(-c4ccccc4)c(-c4ccccc4)c(-c4ccccc4)c(-c4ccccc4)c3-c3ccccc3)cc2)cc1. The maximum Gasteiger partial charge on any atom is 0.118 e. The van der Waals surface area contributed by atoms with Crippen LogP contribution in [0.4, 0.5) is 0 Å². The van der Waals surface area contributed by atoms with Crippen LogP contribution < -0.4 is 9.47 Å². The molecule has 71 heavy (non-hydrogen) atoms. The largest absolute Gasteiger partial charge is 0.497 e. The molecule has 0 radical (unpaired) electrons. The van der Waals surface area contributed by atoms with Crippen LogP contribution in [0.15, 0.2) is 261 Å². The molecule has 0 saturated carbocycles. The standard InChI is InChI=1S/C68H49NO2/c1-70-57-38-30-46(31-39-57)54-34-42-61-59(44-54)60-45-55(47-32-40-58(71-2)41-33-47)35-43-62(60)69(61)56-36-28-53(29-37-56)68-66(51-24-14-6-15-25-51)64(49-20-10-4-11-21-49)63(48-18-8-3-9-19-48)65(50-22-12-5-13-23-50)67(68)52-26-16-7-17-27-52/h3-45H,1-2H3. The van der Waals surface area contributed by atoms with Crippen molar-refractivity contribution in [3.63, 3.8) is 0 Å². The van der Waals surface area contributed by atoms with Crippen molar-refractivity contribution in [1.82, 2.24) is 4.57 Å². The second kappa shape index (κ2) is 18.7. The lowest BCUT2D eigenvalue weighted by molar-refractivity contribution is 0.415. The molecule has 0 amide bonds. The summed E-state index contributed by atoms with van der Waals surface area (Å²) in [5.74, 6) is 1.68. The van der Waals surface area contributed by atoms with E-state index in [1.54, 1.807) is 14.2 Å². The second-order valence-corrected chi connectivity index (χ2v) is 17.9. The van der Waals surface area contributed by atoms with E-state index in [1.807, 2.05) is 24.3 Å². The summed E-state index contributed by atoms with van der Waals surface area (Å²) in [7, 11) is 3.41. The number of hydrogen-bond acceptors (Lipinski definition) is 2. The molecule has 0 aliphatic rings. The first-order valence-corrected chi connectivity index (χ1v) is 24.1. The number of ether oxygens (including phenoxy) is 2. The fourth-order valence-corrected chi connectivity index (χ4v) is 10.5. The fraction of sp³-hybridized carbons (Fsp3) is 0.0294. The summed E-state index contributed by atoms with van der Waals surface area (Å²) in [6.07, 6.45) is 0. The average molecular weight is 912 g/mol. The minimum Gasteiger partial charge on any atom is -0.497 e. The minimum atomic E-state index is 0.838. The van der Waals surface area contributed by atoms with Gasteiger partial charge in [-0.3, -0.25) is 0 Å². The minimum absolute atomic E-state index is 0.838. The van der Waals surface area contributed by atoms with Gasteiger partial charge in [0.25, 0.3) is 0 Å². The molecule has 338 valence electrons. The van der Waals surface area contributed by atoms with Crippen LogP contribution in [0.1, 0.15) is 0 Å². The lowest BCUT2D eigenvalue weighted by Gasteiger charge is -2.29. The number of fused-ring (bicyclic) bond motifs is 3. The lowest BCUT2D eigenvalue weighted by Crippen LogP contribution is -2.02. The molecular weight excluding hydrogens is 863 g/mol. The summed E-state index contributed by atoms with van der Waals surface area (Å²) >= 11 is 0. The molecule has 0 spiro atoms. The monoisotopic (exact) mass is 911 g/mol. The van der Waals surface area contributed by atoms with Gasteiger partial charge in [-0.2, -0.15) is 0 Å². The normalized spacial score (nSPS) is 11.2. The van der Waals surface area contributed by atoms with E-state index in [2.05, 4.69) is 241 Å². The van der Waals surface area contributed by atoms with Gasteiger partial charge < -0.3 is 14.0 Å². The van der Waals surface area contributed by atoms with Crippen LogP contribution in [0, 0.1) is 0 Å². The third-order valence-electron chi connectivity index (χ3n) is 13.8. The van der Waals surface area contributed by atoms with Gasteiger partial charge in [0.1, 0.15) is 11.5 Å². The average Bonchev–Trinajstić information content (AvgIpc) is 3.78. The molecule has 11 aromatic carbocycles. The van der Waals surface area contributed by atoms with E-state index in [4.69, 9.17) is 9.47 Å². The Kier molecular flexibility index (Phi) is 11.4. The predicted octanol–water partition coefficient (Wildman–Crippen LogP) is 18.1. The quantitative estimate of drug-likeness (QED) is 0.129. The van der Waals surface area contributed by atoms with Crippen LogP contribution >= 0.6 is 0 Å². The van der Waals surface area contributed by atoms with E-state index in [1.165, 1.54) is 44.2 Å². The van der Waals surface area contributed by atoms with Crippen molar-refractivity contribution in [3.05, 3.63) is 261 Å². The van der Waals surface area contributed by atoms with E-state index in [9.17, 15) is 0 Å². The van der Waals surface area contributed by atoms with Crippen molar-refractivity contribution < 1.29 is 9.47 Å². The zero-order chi connectivity index (χ0) is 47.7. The molecule has 12 rings (SSSR count). The van der Waals surface area contributed by atoms with Gasteiger partial charge in [0.15, 0.2) is 0 Å². The van der Waals surface area contributed by atoms with Crippen molar-refractivity contribution in [2.45, 2.75) is 0 Å². The number of hydrogen-bond donors (Lipinski definition) is 0. The first-order valence-electron chi connectivity index (χ1n) is 24.1. The van der Waals surface area contributed by atoms with Gasteiger partial charge >= 0.3 is 0 Å².